The van der Waals surface area contributed by atoms with Gasteiger partial charge in [-0.25, -0.2) is 0 Å². The molecule has 1 aliphatic heterocycles. The first-order chi connectivity index (χ1) is 9.06. The zero-order valence-corrected chi connectivity index (χ0v) is 13.5. The molecule has 96 valence electrons. The third kappa shape index (κ3) is 2.28. The predicted octanol–water partition coefficient (Wildman–Crippen LogP) is 4.00. The van der Waals surface area contributed by atoms with Gasteiger partial charge in [-0.05, 0) is 40.2 Å². The number of amides is 1. The first-order valence-corrected chi connectivity index (χ1v) is 7.91. The minimum atomic E-state index is -0.461. The zero-order valence-electron chi connectivity index (χ0n) is 9.52. The number of halogens is 2. The van der Waals surface area contributed by atoms with Gasteiger partial charge < -0.3 is 0 Å². The molecule has 6 heteroatoms. The van der Waals surface area contributed by atoms with Gasteiger partial charge in [0, 0.05) is 19.2 Å². The highest BCUT2D eigenvalue weighted by molar-refractivity contribution is 9.10. The Hall–Kier alpha value is -0.980. The molecule has 0 radical (unpaired) electrons. The monoisotopic (exact) mass is 399 g/mol. The summed E-state index contributed by atoms with van der Waals surface area (Å²) < 4.78 is 1.84. The molecule has 1 aliphatic rings. The smallest absolute Gasteiger partial charge is 0.299 e. The number of rotatable bonds is 2. The molecule has 0 N–H and O–H groups in total. The summed E-state index contributed by atoms with van der Waals surface area (Å²) in [6.07, 6.45) is 0. The average molecular weight is 401 g/mol. The van der Waals surface area contributed by atoms with E-state index in [1.165, 1.54) is 4.90 Å². The molecule has 1 aromatic heterocycles. The van der Waals surface area contributed by atoms with Crippen LogP contribution in [0.2, 0.25) is 0 Å². The van der Waals surface area contributed by atoms with E-state index >= 15 is 0 Å². The van der Waals surface area contributed by atoms with E-state index in [4.69, 9.17) is 0 Å². The van der Waals surface area contributed by atoms with Gasteiger partial charge in [-0.2, -0.15) is 0 Å². The maximum absolute atomic E-state index is 12.0. The largest absolute Gasteiger partial charge is 0.299 e. The normalized spacial score (nSPS) is 14.1. The van der Waals surface area contributed by atoms with Gasteiger partial charge in [-0.15, -0.1) is 11.3 Å². The van der Waals surface area contributed by atoms with Gasteiger partial charge in [0.05, 0.1) is 17.8 Å². The van der Waals surface area contributed by atoms with Crippen molar-refractivity contribution >= 4 is 60.6 Å². The fraction of sp³-hybridized carbons (Fsp3) is 0.0769. The number of carbonyl (C=O) groups excluding carboxylic acids is 2. The van der Waals surface area contributed by atoms with Crippen LogP contribution in [0.25, 0.3) is 0 Å². The molecule has 1 amide bonds. The maximum Gasteiger partial charge on any atom is 0.299 e. The Bertz CT molecular complexity index is 696. The molecule has 3 nitrogen and oxygen atoms in total. The average Bonchev–Trinajstić information content (AvgIpc) is 2.88. The number of thiophene rings is 1. The Labute approximate surface area is 130 Å². The summed E-state index contributed by atoms with van der Waals surface area (Å²) in [5.41, 5.74) is 1.15. The first kappa shape index (κ1) is 13.0. The standard InChI is InChI=1S/C13H7Br2NO2S/c14-7-1-2-10-11(4-7)16(13(18)12(10)17)5-9-3-8(15)6-19-9/h1-4,6H,5H2. The summed E-state index contributed by atoms with van der Waals surface area (Å²) >= 11 is 8.31. The fourth-order valence-electron chi connectivity index (χ4n) is 2.02. The van der Waals surface area contributed by atoms with E-state index < -0.39 is 11.7 Å². The summed E-state index contributed by atoms with van der Waals surface area (Å²) in [4.78, 5) is 26.5. The maximum atomic E-state index is 12.0. The SMILES string of the molecule is O=C1C(=O)N(Cc2cc(Br)cs2)c2cc(Br)ccc21. The second-order valence-corrected chi connectivity index (χ2v) is 6.94. The van der Waals surface area contributed by atoms with Gasteiger partial charge in [0.2, 0.25) is 0 Å². The van der Waals surface area contributed by atoms with Crippen molar-refractivity contribution in [2.75, 3.05) is 4.90 Å². The van der Waals surface area contributed by atoms with Crippen molar-refractivity contribution < 1.29 is 9.59 Å². The number of Topliss-reactive ketones (excluding diaryl/α,β-unsaturated/α-hetero) is 1. The van der Waals surface area contributed by atoms with Crippen molar-refractivity contribution in [1.82, 2.24) is 0 Å². The quantitative estimate of drug-likeness (QED) is 0.714. The summed E-state index contributed by atoms with van der Waals surface area (Å²) in [5.74, 6) is -0.893. The number of hydrogen-bond donors (Lipinski definition) is 0. The number of benzene rings is 1. The summed E-state index contributed by atoms with van der Waals surface area (Å²) in [5, 5.41) is 1.96. The lowest BCUT2D eigenvalue weighted by Gasteiger charge is -2.15. The van der Waals surface area contributed by atoms with E-state index in [-0.39, 0.29) is 0 Å². The molecule has 0 atom stereocenters. The highest BCUT2D eigenvalue weighted by Gasteiger charge is 2.35. The lowest BCUT2D eigenvalue weighted by molar-refractivity contribution is -0.114. The summed E-state index contributed by atoms with van der Waals surface area (Å²) in [6.45, 7) is 0.421. The minimum Gasteiger partial charge on any atom is -0.299 e. The van der Waals surface area contributed by atoms with Crippen molar-refractivity contribution in [1.29, 1.82) is 0 Å². The predicted molar refractivity (Wildman–Crippen MR) is 81.7 cm³/mol. The van der Waals surface area contributed by atoms with Crippen LogP contribution in [-0.2, 0) is 11.3 Å². The molecule has 3 rings (SSSR count). The topological polar surface area (TPSA) is 37.4 Å². The summed E-state index contributed by atoms with van der Waals surface area (Å²) in [7, 11) is 0. The van der Waals surface area contributed by atoms with Crippen LogP contribution in [0.15, 0.2) is 38.6 Å². The molecule has 0 fully saturated rings. The molecule has 2 heterocycles. The Kier molecular flexibility index (Phi) is 3.32. The van der Waals surface area contributed by atoms with Crippen LogP contribution >= 0.6 is 43.2 Å². The van der Waals surface area contributed by atoms with Crippen molar-refractivity contribution in [3.8, 4) is 0 Å². The van der Waals surface area contributed by atoms with Crippen molar-refractivity contribution in [2.45, 2.75) is 6.54 Å². The van der Waals surface area contributed by atoms with E-state index in [0.29, 0.717) is 17.8 Å². The van der Waals surface area contributed by atoms with Gasteiger partial charge >= 0.3 is 0 Å². The van der Waals surface area contributed by atoms with E-state index in [9.17, 15) is 9.59 Å². The second-order valence-electron chi connectivity index (χ2n) is 4.11. The minimum absolute atomic E-state index is 0.421. The first-order valence-electron chi connectivity index (χ1n) is 5.45. The molecular formula is C13H7Br2NO2S. The molecule has 0 unspecified atom stereocenters. The third-order valence-corrected chi connectivity index (χ3v) is 5.05. The van der Waals surface area contributed by atoms with Gasteiger partial charge in [0.1, 0.15) is 0 Å². The van der Waals surface area contributed by atoms with E-state index in [1.54, 1.807) is 29.5 Å². The lowest BCUT2D eigenvalue weighted by atomic mass is 10.1. The van der Waals surface area contributed by atoms with Crippen LogP contribution in [0, 0.1) is 0 Å². The molecule has 0 aliphatic carbocycles. The Morgan fingerprint density at radius 1 is 1.11 bits per heavy atom. The second kappa shape index (κ2) is 4.85. The molecule has 0 bridgehead atoms. The van der Waals surface area contributed by atoms with E-state index in [2.05, 4.69) is 31.9 Å². The third-order valence-electron chi connectivity index (χ3n) is 2.87. The molecular weight excluding hydrogens is 394 g/mol. The Morgan fingerprint density at radius 3 is 2.58 bits per heavy atom. The number of fused-ring (bicyclic) bond motifs is 1. The van der Waals surface area contributed by atoms with Crippen LogP contribution in [0.1, 0.15) is 15.2 Å². The van der Waals surface area contributed by atoms with Crippen LogP contribution in [-0.4, -0.2) is 11.7 Å². The van der Waals surface area contributed by atoms with Crippen molar-refractivity contribution in [3.05, 3.63) is 49.0 Å². The number of nitrogens with zero attached hydrogens (tertiary/aromatic N) is 1. The number of hydrogen-bond acceptors (Lipinski definition) is 3. The molecule has 2 aromatic rings. The van der Waals surface area contributed by atoms with Gasteiger partial charge in [-0.1, -0.05) is 15.9 Å². The van der Waals surface area contributed by atoms with Crippen molar-refractivity contribution in [2.24, 2.45) is 0 Å². The molecule has 0 saturated carbocycles. The zero-order chi connectivity index (χ0) is 13.6. The van der Waals surface area contributed by atoms with E-state index in [0.717, 1.165) is 13.8 Å². The van der Waals surface area contributed by atoms with Crippen LogP contribution < -0.4 is 4.90 Å². The molecule has 19 heavy (non-hydrogen) atoms. The van der Waals surface area contributed by atoms with Crippen LogP contribution in [0.3, 0.4) is 0 Å². The fourth-order valence-corrected chi connectivity index (χ4v) is 3.80. The van der Waals surface area contributed by atoms with Crippen LogP contribution in [0.5, 0.6) is 0 Å². The highest BCUT2D eigenvalue weighted by atomic mass is 79.9. The van der Waals surface area contributed by atoms with Crippen LogP contribution in [0.4, 0.5) is 5.69 Å². The highest BCUT2D eigenvalue weighted by Crippen LogP contribution is 2.34. The van der Waals surface area contributed by atoms with Crippen molar-refractivity contribution in [3.63, 3.8) is 0 Å². The van der Waals surface area contributed by atoms with Gasteiger partial charge in [0.15, 0.2) is 0 Å². The number of carbonyl (C=O) groups is 2. The number of ketones is 1. The van der Waals surface area contributed by atoms with Gasteiger partial charge in [-0.3, -0.25) is 14.5 Å². The van der Waals surface area contributed by atoms with E-state index in [1.807, 2.05) is 11.4 Å². The Morgan fingerprint density at radius 2 is 1.89 bits per heavy atom. The lowest BCUT2D eigenvalue weighted by Crippen LogP contribution is -2.28. The summed E-state index contributed by atoms with van der Waals surface area (Å²) in [6, 6.07) is 7.22. The Balaban J connectivity index is 2.01. The molecule has 0 spiro atoms. The molecule has 0 saturated heterocycles. The molecule has 1 aromatic carbocycles. The van der Waals surface area contributed by atoms with Gasteiger partial charge in [0.25, 0.3) is 11.7 Å². The number of anilines is 1.